The number of fused-ring (bicyclic) bond motifs is 1. The zero-order valence-electron chi connectivity index (χ0n) is 9.08. The molecule has 0 aliphatic carbocycles. The third-order valence-electron chi connectivity index (χ3n) is 2.95. The van der Waals surface area contributed by atoms with Crippen molar-refractivity contribution in [1.82, 2.24) is 14.9 Å². The van der Waals surface area contributed by atoms with Crippen LogP contribution in [0.5, 0.6) is 0 Å². The number of nitrogens with one attached hydrogen (secondary N) is 1. The summed E-state index contributed by atoms with van der Waals surface area (Å²) in [6.07, 6.45) is 5.64. The van der Waals surface area contributed by atoms with Gasteiger partial charge in [-0.15, -0.1) is 0 Å². The lowest BCUT2D eigenvalue weighted by atomic mass is 10.1. The van der Waals surface area contributed by atoms with Crippen LogP contribution < -0.4 is 5.32 Å². The number of nitrogens with zero attached hydrogens (tertiary/aromatic N) is 2. The highest BCUT2D eigenvalue weighted by atomic mass is 15.1. The molecule has 78 valence electrons. The fourth-order valence-corrected chi connectivity index (χ4v) is 2.08. The standard InChI is InChI=1S/C11H19N3/c1-3-4-7-14-8-13-11-9(2)12-6-5-10(11)14/h8-9,12H,3-7H2,1-2H3. The molecular formula is C11H19N3. The Balaban J connectivity index is 2.18. The third kappa shape index (κ3) is 1.69. The zero-order valence-corrected chi connectivity index (χ0v) is 9.08. The fourth-order valence-electron chi connectivity index (χ4n) is 2.08. The van der Waals surface area contributed by atoms with Gasteiger partial charge in [-0.3, -0.25) is 0 Å². The van der Waals surface area contributed by atoms with Crippen LogP contribution in [0.4, 0.5) is 0 Å². The highest BCUT2D eigenvalue weighted by molar-refractivity contribution is 5.20. The SMILES string of the molecule is CCCCn1cnc2c1CCNC2C. The van der Waals surface area contributed by atoms with E-state index in [1.807, 2.05) is 6.33 Å². The average Bonchev–Trinajstić information content (AvgIpc) is 2.60. The van der Waals surface area contributed by atoms with Crippen molar-refractivity contribution >= 4 is 0 Å². The topological polar surface area (TPSA) is 29.9 Å². The Morgan fingerprint density at radius 3 is 3.29 bits per heavy atom. The molecule has 3 heteroatoms. The van der Waals surface area contributed by atoms with E-state index in [1.165, 1.54) is 24.2 Å². The lowest BCUT2D eigenvalue weighted by Crippen LogP contribution is -2.28. The minimum absolute atomic E-state index is 0.432. The summed E-state index contributed by atoms with van der Waals surface area (Å²) < 4.78 is 2.33. The van der Waals surface area contributed by atoms with Gasteiger partial charge in [-0.1, -0.05) is 13.3 Å². The van der Waals surface area contributed by atoms with Gasteiger partial charge in [0.1, 0.15) is 0 Å². The van der Waals surface area contributed by atoms with Crippen LogP contribution in [0, 0.1) is 0 Å². The van der Waals surface area contributed by atoms with Crippen molar-refractivity contribution in [3.63, 3.8) is 0 Å². The van der Waals surface area contributed by atoms with Gasteiger partial charge in [0.25, 0.3) is 0 Å². The number of hydrogen-bond donors (Lipinski definition) is 1. The summed E-state index contributed by atoms with van der Waals surface area (Å²) in [4.78, 5) is 4.49. The van der Waals surface area contributed by atoms with Crippen molar-refractivity contribution < 1.29 is 0 Å². The molecule has 14 heavy (non-hydrogen) atoms. The van der Waals surface area contributed by atoms with Gasteiger partial charge in [0.15, 0.2) is 0 Å². The average molecular weight is 193 g/mol. The van der Waals surface area contributed by atoms with Gasteiger partial charge >= 0.3 is 0 Å². The van der Waals surface area contributed by atoms with Crippen molar-refractivity contribution in [2.75, 3.05) is 6.54 Å². The lowest BCUT2D eigenvalue weighted by molar-refractivity contribution is 0.507. The molecule has 2 heterocycles. The van der Waals surface area contributed by atoms with Gasteiger partial charge in [0.05, 0.1) is 12.0 Å². The Morgan fingerprint density at radius 2 is 2.50 bits per heavy atom. The molecule has 1 aliphatic rings. The fraction of sp³-hybridized carbons (Fsp3) is 0.727. The van der Waals surface area contributed by atoms with Crippen LogP contribution in [-0.2, 0) is 13.0 Å². The molecule has 0 fully saturated rings. The molecule has 1 aromatic heterocycles. The quantitative estimate of drug-likeness (QED) is 0.794. The second-order valence-corrected chi connectivity index (χ2v) is 4.05. The summed E-state index contributed by atoms with van der Waals surface area (Å²) in [5.74, 6) is 0. The minimum Gasteiger partial charge on any atom is -0.334 e. The van der Waals surface area contributed by atoms with Crippen LogP contribution in [0.2, 0.25) is 0 Å². The highest BCUT2D eigenvalue weighted by Crippen LogP contribution is 2.20. The molecule has 3 nitrogen and oxygen atoms in total. The monoisotopic (exact) mass is 193 g/mol. The van der Waals surface area contributed by atoms with Crippen LogP contribution >= 0.6 is 0 Å². The van der Waals surface area contributed by atoms with Gasteiger partial charge in [-0.05, 0) is 13.3 Å². The Labute approximate surface area is 85.5 Å². The van der Waals surface area contributed by atoms with Crippen molar-refractivity contribution in [3.8, 4) is 0 Å². The molecule has 1 N–H and O–H groups in total. The van der Waals surface area contributed by atoms with E-state index in [-0.39, 0.29) is 0 Å². The van der Waals surface area contributed by atoms with E-state index < -0.39 is 0 Å². The molecule has 1 atom stereocenters. The van der Waals surface area contributed by atoms with E-state index in [0.717, 1.165) is 19.5 Å². The van der Waals surface area contributed by atoms with Crippen LogP contribution in [0.1, 0.15) is 44.1 Å². The minimum atomic E-state index is 0.432. The molecule has 2 rings (SSSR count). The van der Waals surface area contributed by atoms with E-state index >= 15 is 0 Å². The van der Waals surface area contributed by atoms with E-state index in [1.54, 1.807) is 0 Å². The van der Waals surface area contributed by atoms with E-state index in [4.69, 9.17) is 0 Å². The van der Waals surface area contributed by atoms with Gasteiger partial charge in [0.2, 0.25) is 0 Å². The first kappa shape index (κ1) is 9.71. The lowest BCUT2D eigenvalue weighted by Gasteiger charge is -2.20. The molecule has 1 aliphatic heterocycles. The summed E-state index contributed by atoms with van der Waals surface area (Å²) in [5, 5.41) is 3.43. The van der Waals surface area contributed by atoms with Gasteiger partial charge in [-0.25, -0.2) is 4.98 Å². The Kier molecular flexibility index (Phi) is 2.87. The van der Waals surface area contributed by atoms with Crippen LogP contribution in [0.25, 0.3) is 0 Å². The third-order valence-corrected chi connectivity index (χ3v) is 2.95. The second-order valence-electron chi connectivity index (χ2n) is 4.05. The Hall–Kier alpha value is -0.830. The molecule has 0 bridgehead atoms. The smallest absolute Gasteiger partial charge is 0.0952 e. The van der Waals surface area contributed by atoms with E-state index in [0.29, 0.717) is 6.04 Å². The van der Waals surface area contributed by atoms with Crippen molar-refractivity contribution in [2.24, 2.45) is 0 Å². The van der Waals surface area contributed by atoms with Crippen molar-refractivity contribution in [3.05, 3.63) is 17.7 Å². The number of imidazole rings is 1. The van der Waals surface area contributed by atoms with Gasteiger partial charge in [0, 0.05) is 31.2 Å². The van der Waals surface area contributed by atoms with Crippen LogP contribution in [-0.4, -0.2) is 16.1 Å². The number of hydrogen-bond acceptors (Lipinski definition) is 2. The zero-order chi connectivity index (χ0) is 9.97. The molecule has 1 unspecified atom stereocenters. The summed E-state index contributed by atoms with van der Waals surface area (Å²) in [5.41, 5.74) is 2.71. The molecule has 0 saturated heterocycles. The maximum Gasteiger partial charge on any atom is 0.0952 e. The molecule has 0 spiro atoms. The molecule has 0 saturated carbocycles. The first-order chi connectivity index (χ1) is 6.83. The number of aryl methyl sites for hydroxylation is 1. The first-order valence-corrected chi connectivity index (χ1v) is 5.60. The molecule has 1 aromatic rings. The van der Waals surface area contributed by atoms with E-state index in [9.17, 15) is 0 Å². The summed E-state index contributed by atoms with van der Waals surface area (Å²) >= 11 is 0. The Morgan fingerprint density at radius 1 is 1.64 bits per heavy atom. The molecule has 0 amide bonds. The Bertz CT molecular complexity index is 303. The van der Waals surface area contributed by atoms with Crippen LogP contribution in [0.15, 0.2) is 6.33 Å². The maximum atomic E-state index is 4.49. The number of aromatic nitrogens is 2. The predicted octanol–water partition coefficient (Wildman–Crippen LogP) is 1.89. The molecular weight excluding hydrogens is 174 g/mol. The summed E-state index contributed by atoms with van der Waals surface area (Å²) in [6.45, 7) is 6.64. The number of unbranched alkanes of at least 4 members (excludes halogenated alkanes) is 1. The second kappa shape index (κ2) is 4.13. The van der Waals surface area contributed by atoms with Crippen molar-refractivity contribution in [1.29, 1.82) is 0 Å². The highest BCUT2D eigenvalue weighted by Gasteiger charge is 2.20. The van der Waals surface area contributed by atoms with Crippen molar-refractivity contribution in [2.45, 2.75) is 45.7 Å². The van der Waals surface area contributed by atoms with Crippen LogP contribution in [0.3, 0.4) is 0 Å². The van der Waals surface area contributed by atoms with Gasteiger partial charge < -0.3 is 9.88 Å². The predicted molar refractivity (Wildman–Crippen MR) is 57.3 cm³/mol. The normalized spacial score (nSPS) is 20.9. The molecule has 0 aromatic carbocycles. The first-order valence-electron chi connectivity index (χ1n) is 5.60. The number of rotatable bonds is 3. The van der Waals surface area contributed by atoms with Gasteiger partial charge in [-0.2, -0.15) is 0 Å². The summed E-state index contributed by atoms with van der Waals surface area (Å²) in [7, 11) is 0. The largest absolute Gasteiger partial charge is 0.334 e. The molecule has 0 radical (unpaired) electrons. The summed E-state index contributed by atoms with van der Waals surface area (Å²) in [6, 6.07) is 0.432. The maximum absolute atomic E-state index is 4.49. The van der Waals surface area contributed by atoms with E-state index in [2.05, 4.69) is 28.7 Å².